The maximum Gasteiger partial charge on any atom is 0.317 e. The van der Waals surface area contributed by atoms with E-state index in [9.17, 15) is 4.79 Å². The van der Waals surface area contributed by atoms with E-state index in [2.05, 4.69) is 5.32 Å². The van der Waals surface area contributed by atoms with Crippen LogP contribution in [-0.4, -0.2) is 30.6 Å². The van der Waals surface area contributed by atoms with Crippen LogP contribution in [0, 0.1) is 0 Å². The quantitative estimate of drug-likeness (QED) is 0.779. The molecule has 0 aromatic rings. The lowest BCUT2D eigenvalue weighted by molar-refractivity contribution is 0.204. The fraction of sp³-hybridized carbons (Fsp3) is 0.857. The Bertz CT molecular complexity index is 105. The van der Waals surface area contributed by atoms with Crippen molar-refractivity contribution in [2.24, 2.45) is 0 Å². The minimum atomic E-state index is 0. The van der Waals surface area contributed by atoms with Gasteiger partial charge in [0.05, 0.1) is 0 Å². The number of nitrogens with zero attached hydrogens (tertiary/aromatic N) is 1. The summed E-state index contributed by atoms with van der Waals surface area (Å²) in [5.74, 6) is 0. The van der Waals surface area contributed by atoms with Gasteiger partial charge in [-0.2, -0.15) is 0 Å². The van der Waals surface area contributed by atoms with Gasteiger partial charge in [0.2, 0.25) is 0 Å². The van der Waals surface area contributed by atoms with Gasteiger partial charge in [-0.3, -0.25) is 0 Å². The number of carbonyl (C=O) groups is 1. The zero-order chi connectivity index (χ0) is 7.98. The number of nitrogens with one attached hydrogen (secondary N) is 1. The Labute approximate surface area is 85.5 Å². The Morgan fingerprint density at radius 2 is 1.73 bits per heavy atom. The third kappa shape index (κ3) is 5.29. The summed E-state index contributed by atoms with van der Waals surface area (Å²) in [5.41, 5.74) is 0. The van der Waals surface area contributed by atoms with Gasteiger partial charge in [-0.25, -0.2) is 4.79 Å². The van der Waals surface area contributed by atoms with Gasteiger partial charge in [-0.15, -0.1) is 24.0 Å². The molecule has 4 heteroatoms. The molecule has 0 atom stereocenters. The Morgan fingerprint density at radius 3 is 2.00 bits per heavy atom. The molecule has 0 bridgehead atoms. The average Bonchev–Trinajstić information content (AvgIpc) is 1.91. The molecule has 0 aliphatic rings. The van der Waals surface area contributed by atoms with Crippen LogP contribution < -0.4 is 5.32 Å². The maximum absolute atomic E-state index is 11.0. The first-order valence-electron chi connectivity index (χ1n) is 3.79. The van der Waals surface area contributed by atoms with Crippen molar-refractivity contribution >= 4 is 30.0 Å². The maximum atomic E-state index is 11.0. The fourth-order valence-electron chi connectivity index (χ4n) is 0.774. The van der Waals surface area contributed by atoms with Gasteiger partial charge in [0, 0.05) is 19.6 Å². The normalized spacial score (nSPS) is 8.27. The molecule has 11 heavy (non-hydrogen) atoms. The third-order valence-electron chi connectivity index (χ3n) is 1.38. The number of hydrogen-bond donors (Lipinski definition) is 1. The summed E-state index contributed by atoms with van der Waals surface area (Å²) >= 11 is 0. The molecule has 0 rings (SSSR count). The second-order valence-electron chi connectivity index (χ2n) is 2.01. The van der Waals surface area contributed by atoms with Crippen molar-refractivity contribution in [1.29, 1.82) is 0 Å². The van der Waals surface area contributed by atoms with Gasteiger partial charge < -0.3 is 10.2 Å². The molecule has 1 N–H and O–H groups in total. The summed E-state index contributed by atoms with van der Waals surface area (Å²) in [6, 6.07) is 0.0347. The summed E-state index contributed by atoms with van der Waals surface area (Å²) in [7, 11) is 0. The first-order chi connectivity index (χ1) is 4.76. The molecule has 3 nitrogen and oxygen atoms in total. The van der Waals surface area contributed by atoms with E-state index in [1.807, 2.05) is 20.8 Å². The summed E-state index contributed by atoms with van der Waals surface area (Å²) in [6.07, 6.45) is 0. The topological polar surface area (TPSA) is 32.3 Å². The molecule has 0 aromatic carbocycles. The Morgan fingerprint density at radius 1 is 1.27 bits per heavy atom. The zero-order valence-corrected chi connectivity index (χ0v) is 9.72. The third-order valence-corrected chi connectivity index (χ3v) is 1.38. The highest BCUT2D eigenvalue weighted by molar-refractivity contribution is 14.0. The molecule has 0 heterocycles. The Hall–Kier alpha value is 0. The van der Waals surface area contributed by atoms with Crippen LogP contribution in [0.3, 0.4) is 0 Å². The number of hydrogen-bond acceptors (Lipinski definition) is 1. The minimum Gasteiger partial charge on any atom is -0.338 e. The zero-order valence-electron chi connectivity index (χ0n) is 7.39. The van der Waals surface area contributed by atoms with Crippen LogP contribution in [0.2, 0.25) is 0 Å². The molecule has 68 valence electrons. The fourth-order valence-corrected chi connectivity index (χ4v) is 0.774. The number of urea groups is 1. The van der Waals surface area contributed by atoms with E-state index in [1.54, 1.807) is 4.90 Å². The monoisotopic (exact) mass is 272 g/mol. The van der Waals surface area contributed by atoms with Crippen LogP contribution in [0.5, 0.6) is 0 Å². The molecule has 0 radical (unpaired) electrons. The minimum absolute atomic E-state index is 0. The van der Waals surface area contributed by atoms with Gasteiger partial charge in [-0.1, -0.05) is 0 Å². The van der Waals surface area contributed by atoms with Crippen molar-refractivity contribution in [3.05, 3.63) is 0 Å². The van der Waals surface area contributed by atoms with E-state index in [-0.39, 0.29) is 30.0 Å². The molecule has 0 saturated carbocycles. The molecule has 0 spiro atoms. The lowest BCUT2D eigenvalue weighted by atomic mass is 10.5. The second kappa shape index (κ2) is 8.10. The average molecular weight is 272 g/mol. The van der Waals surface area contributed by atoms with E-state index in [1.165, 1.54) is 0 Å². The van der Waals surface area contributed by atoms with E-state index in [4.69, 9.17) is 0 Å². The Balaban J connectivity index is 0. The number of carbonyl (C=O) groups excluding carboxylic acids is 1. The highest BCUT2D eigenvalue weighted by Crippen LogP contribution is 1.86. The van der Waals surface area contributed by atoms with Crippen molar-refractivity contribution in [2.45, 2.75) is 20.8 Å². The van der Waals surface area contributed by atoms with Crippen molar-refractivity contribution < 1.29 is 4.79 Å². The highest BCUT2D eigenvalue weighted by atomic mass is 127. The van der Waals surface area contributed by atoms with Crippen LogP contribution in [-0.2, 0) is 0 Å². The van der Waals surface area contributed by atoms with Crippen molar-refractivity contribution in [2.75, 3.05) is 19.6 Å². The molecule has 0 unspecified atom stereocenters. The van der Waals surface area contributed by atoms with Crippen molar-refractivity contribution in [3.63, 3.8) is 0 Å². The number of amides is 2. The first-order valence-corrected chi connectivity index (χ1v) is 3.79. The molecule has 2 amide bonds. The molecule has 0 aromatic heterocycles. The summed E-state index contributed by atoms with van der Waals surface area (Å²) in [6.45, 7) is 8.12. The lowest BCUT2D eigenvalue weighted by Crippen LogP contribution is -2.39. The summed E-state index contributed by atoms with van der Waals surface area (Å²) in [4.78, 5) is 12.8. The standard InChI is InChI=1S/C7H16N2O.HI/c1-4-8-7(10)9(5-2)6-3;/h4-6H2,1-3H3,(H,8,10);1H. The molecular formula is C7H17IN2O. The van der Waals surface area contributed by atoms with Crippen LogP contribution in [0.4, 0.5) is 4.79 Å². The molecule has 0 aliphatic carbocycles. The predicted octanol–water partition coefficient (Wildman–Crippen LogP) is 1.68. The molecule has 0 aliphatic heterocycles. The van der Waals surface area contributed by atoms with Crippen molar-refractivity contribution in [3.8, 4) is 0 Å². The summed E-state index contributed by atoms with van der Waals surface area (Å²) in [5, 5.41) is 2.73. The van der Waals surface area contributed by atoms with Crippen LogP contribution in [0.1, 0.15) is 20.8 Å². The van der Waals surface area contributed by atoms with Gasteiger partial charge in [0.1, 0.15) is 0 Å². The van der Waals surface area contributed by atoms with Gasteiger partial charge in [0.15, 0.2) is 0 Å². The SMILES string of the molecule is CCNC(=O)N(CC)CC.I. The molecule has 0 saturated heterocycles. The smallest absolute Gasteiger partial charge is 0.317 e. The number of rotatable bonds is 3. The number of halogens is 1. The largest absolute Gasteiger partial charge is 0.338 e. The van der Waals surface area contributed by atoms with Crippen LogP contribution in [0.15, 0.2) is 0 Å². The van der Waals surface area contributed by atoms with E-state index in [0.29, 0.717) is 6.54 Å². The summed E-state index contributed by atoms with van der Waals surface area (Å²) < 4.78 is 0. The molecule has 0 fully saturated rings. The van der Waals surface area contributed by atoms with E-state index in [0.717, 1.165) is 13.1 Å². The van der Waals surface area contributed by atoms with Gasteiger partial charge in [-0.05, 0) is 20.8 Å². The van der Waals surface area contributed by atoms with Crippen LogP contribution in [0.25, 0.3) is 0 Å². The van der Waals surface area contributed by atoms with Gasteiger partial charge >= 0.3 is 6.03 Å². The Kier molecular flexibility index (Phi) is 10.0. The van der Waals surface area contributed by atoms with Crippen molar-refractivity contribution in [1.82, 2.24) is 10.2 Å². The first kappa shape index (κ1) is 13.6. The van der Waals surface area contributed by atoms with Gasteiger partial charge in [0.25, 0.3) is 0 Å². The molecular weight excluding hydrogens is 255 g/mol. The predicted molar refractivity (Wildman–Crippen MR) is 57.4 cm³/mol. The lowest BCUT2D eigenvalue weighted by Gasteiger charge is -2.18. The van der Waals surface area contributed by atoms with E-state index < -0.39 is 0 Å². The highest BCUT2D eigenvalue weighted by Gasteiger charge is 2.05. The second-order valence-corrected chi connectivity index (χ2v) is 2.01. The van der Waals surface area contributed by atoms with Crippen LogP contribution >= 0.6 is 24.0 Å². The van der Waals surface area contributed by atoms with E-state index >= 15 is 0 Å².